The number of carbonyl (C=O) groups excluding carboxylic acids is 2. The first kappa shape index (κ1) is 16.3. The van der Waals surface area contributed by atoms with Crippen LogP contribution in [0.1, 0.15) is 0 Å². The zero-order chi connectivity index (χ0) is 6.57. The molecule has 0 aliphatic heterocycles. The van der Waals surface area contributed by atoms with E-state index < -0.39 is 11.9 Å². The van der Waals surface area contributed by atoms with E-state index in [0.29, 0.717) is 12.2 Å². The Kier molecular flexibility index (Phi) is 13.9. The van der Waals surface area contributed by atoms with Crippen LogP contribution >= 0.6 is 0 Å². The van der Waals surface area contributed by atoms with E-state index in [4.69, 9.17) is 0 Å². The van der Waals surface area contributed by atoms with Crippen LogP contribution in [0, 0.1) is 0 Å². The minimum atomic E-state index is -1.55. The SMILES string of the molecule is O=C([O-])C=CC(=O)[O-].[NH4+].[Zr]. The fraction of sp³-hybridized carbons (Fsp3) is 0. The number of carboxylic acid groups (broad SMARTS) is 2. The molecule has 0 aliphatic carbocycles. The summed E-state index contributed by atoms with van der Waals surface area (Å²) in [7, 11) is 0. The van der Waals surface area contributed by atoms with Gasteiger partial charge in [0.25, 0.3) is 0 Å². The molecule has 0 fully saturated rings. The number of carbonyl (C=O) groups is 2. The molecule has 0 radical (unpaired) electrons. The van der Waals surface area contributed by atoms with Gasteiger partial charge in [-0.25, -0.2) is 0 Å². The third-order valence-corrected chi connectivity index (χ3v) is 0.355. The molecule has 0 aromatic heterocycles. The van der Waals surface area contributed by atoms with Gasteiger partial charge in [-0.2, -0.15) is 0 Å². The van der Waals surface area contributed by atoms with Crippen molar-refractivity contribution in [3.8, 4) is 0 Å². The number of hydrogen-bond acceptors (Lipinski definition) is 4. The molecule has 0 heterocycles. The topological polar surface area (TPSA) is 117 Å². The number of quaternary nitrogens is 1. The second-order valence-corrected chi connectivity index (χ2v) is 0.971. The summed E-state index contributed by atoms with van der Waals surface area (Å²) in [6.45, 7) is 0. The van der Waals surface area contributed by atoms with E-state index in [-0.39, 0.29) is 32.4 Å². The van der Waals surface area contributed by atoms with Gasteiger partial charge in [-0.05, 0) is 12.2 Å². The van der Waals surface area contributed by atoms with E-state index in [9.17, 15) is 19.8 Å². The van der Waals surface area contributed by atoms with Gasteiger partial charge in [-0.15, -0.1) is 0 Å². The Morgan fingerprint density at radius 1 is 1.00 bits per heavy atom. The molecule has 0 unspecified atom stereocenters. The van der Waals surface area contributed by atoms with E-state index in [0.717, 1.165) is 0 Å². The molecule has 4 N–H and O–H groups in total. The molecule has 0 atom stereocenters. The Labute approximate surface area is 76.4 Å². The predicted molar refractivity (Wildman–Crippen MR) is 25.1 cm³/mol. The van der Waals surface area contributed by atoms with Crippen molar-refractivity contribution in [1.29, 1.82) is 0 Å². The van der Waals surface area contributed by atoms with Gasteiger partial charge in [0.15, 0.2) is 0 Å². The molecule has 6 heteroatoms. The van der Waals surface area contributed by atoms with Crippen LogP contribution in [-0.2, 0) is 35.8 Å². The standard InChI is InChI=1S/C4H4O4.H3N.Zr/c5-3(6)1-2-4(7)8;;/h1-2H,(H,5,6)(H,7,8);1H3;/p-1. The molecule has 0 saturated heterocycles. The van der Waals surface area contributed by atoms with E-state index in [1.807, 2.05) is 0 Å². The van der Waals surface area contributed by atoms with Gasteiger partial charge >= 0.3 is 0 Å². The molecule has 56 valence electrons. The van der Waals surface area contributed by atoms with Crippen molar-refractivity contribution >= 4 is 11.9 Å². The molecule has 5 nitrogen and oxygen atoms in total. The largest absolute Gasteiger partial charge is 0.545 e. The molecular weight excluding hydrogens is 217 g/mol. The first-order valence-electron chi connectivity index (χ1n) is 1.73. The van der Waals surface area contributed by atoms with Crippen LogP contribution in [0.25, 0.3) is 0 Å². The summed E-state index contributed by atoms with van der Waals surface area (Å²) in [6.07, 6.45) is 0.769. The molecular formula is C4H6NO4Zr-. The number of hydrogen-bond donors (Lipinski definition) is 1. The second kappa shape index (κ2) is 8.52. The minimum Gasteiger partial charge on any atom is -0.545 e. The summed E-state index contributed by atoms with van der Waals surface area (Å²) in [5.74, 6) is -3.09. The quantitative estimate of drug-likeness (QED) is 0.517. The summed E-state index contributed by atoms with van der Waals surface area (Å²) < 4.78 is 0. The Hall–Kier alpha value is -0.477. The zero-order valence-corrected chi connectivity index (χ0v) is 7.75. The Morgan fingerprint density at radius 2 is 1.20 bits per heavy atom. The van der Waals surface area contributed by atoms with Crippen LogP contribution < -0.4 is 16.4 Å². The Bertz CT molecular complexity index is 128. The van der Waals surface area contributed by atoms with Crippen LogP contribution in [0.3, 0.4) is 0 Å². The number of rotatable bonds is 2. The number of carboxylic acids is 2. The van der Waals surface area contributed by atoms with Crippen LogP contribution in [0.4, 0.5) is 0 Å². The fourth-order valence-corrected chi connectivity index (χ4v) is 0.136. The van der Waals surface area contributed by atoms with Gasteiger partial charge in [-0.3, -0.25) is 0 Å². The van der Waals surface area contributed by atoms with Crippen molar-refractivity contribution in [2.45, 2.75) is 0 Å². The van der Waals surface area contributed by atoms with Crippen LogP contribution in [0.5, 0.6) is 0 Å². The molecule has 0 aromatic carbocycles. The van der Waals surface area contributed by atoms with Crippen LogP contribution in [0.15, 0.2) is 12.2 Å². The zero-order valence-electron chi connectivity index (χ0n) is 5.29. The summed E-state index contributed by atoms with van der Waals surface area (Å²) in [5.41, 5.74) is 0. The van der Waals surface area contributed by atoms with Crippen LogP contribution in [-0.4, -0.2) is 11.9 Å². The van der Waals surface area contributed by atoms with E-state index in [1.54, 1.807) is 0 Å². The molecule has 0 rings (SSSR count). The van der Waals surface area contributed by atoms with Crippen molar-refractivity contribution in [1.82, 2.24) is 6.15 Å². The van der Waals surface area contributed by atoms with E-state index >= 15 is 0 Å². The van der Waals surface area contributed by atoms with Gasteiger partial charge in [0, 0.05) is 26.2 Å². The maximum Gasteiger partial charge on any atom is 0.0643 e. The fourth-order valence-electron chi connectivity index (χ4n) is 0.136. The average molecular weight is 223 g/mol. The third-order valence-electron chi connectivity index (χ3n) is 0.355. The molecule has 10 heavy (non-hydrogen) atoms. The maximum atomic E-state index is 9.41. The molecule has 0 saturated carbocycles. The van der Waals surface area contributed by atoms with Gasteiger partial charge < -0.3 is 26.0 Å². The second-order valence-electron chi connectivity index (χ2n) is 0.971. The van der Waals surface area contributed by atoms with Gasteiger partial charge in [0.1, 0.15) is 0 Å². The monoisotopic (exact) mass is 222 g/mol. The Balaban J connectivity index is -0.000000245. The third kappa shape index (κ3) is 15.6. The smallest absolute Gasteiger partial charge is 0.0643 e. The van der Waals surface area contributed by atoms with E-state index in [1.165, 1.54) is 0 Å². The molecule has 0 aliphatic rings. The molecule has 0 amide bonds. The molecule has 0 spiro atoms. The van der Waals surface area contributed by atoms with Crippen molar-refractivity contribution in [2.24, 2.45) is 0 Å². The summed E-state index contributed by atoms with van der Waals surface area (Å²) in [5, 5.41) is 18.8. The minimum absolute atomic E-state index is 0. The normalized spacial score (nSPS) is 7.60. The summed E-state index contributed by atoms with van der Waals surface area (Å²) in [4.78, 5) is 18.8. The van der Waals surface area contributed by atoms with Gasteiger partial charge in [-0.1, -0.05) is 0 Å². The summed E-state index contributed by atoms with van der Waals surface area (Å²) >= 11 is 0. The van der Waals surface area contributed by atoms with Crippen molar-refractivity contribution in [3.63, 3.8) is 0 Å². The summed E-state index contributed by atoms with van der Waals surface area (Å²) in [6, 6.07) is 0. The van der Waals surface area contributed by atoms with Crippen molar-refractivity contribution in [2.75, 3.05) is 0 Å². The molecule has 0 aromatic rings. The first-order valence-corrected chi connectivity index (χ1v) is 1.73. The van der Waals surface area contributed by atoms with Gasteiger partial charge in [0.2, 0.25) is 0 Å². The van der Waals surface area contributed by atoms with E-state index in [2.05, 4.69) is 0 Å². The van der Waals surface area contributed by atoms with Crippen LogP contribution in [0.2, 0.25) is 0 Å². The molecule has 0 bridgehead atoms. The first-order chi connectivity index (χ1) is 3.63. The maximum absolute atomic E-state index is 9.41. The number of aliphatic carboxylic acids is 2. The Morgan fingerprint density at radius 3 is 1.30 bits per heavy atom. The van der Waals surface area contributed by atoms with Crippen molar-refractivity contribution < 1.29 is 46.0 Å². The predicted octanol–water partition coefficient (Wildman–Crippen LogP) is -2.58. The van der Waals surface area contributed by atoms with Crippen molar-refractivity contribution in [3.05, 3.63) is 12.2 Å². The van der Waals surface area contributed by atoms with Gasteiger partial charge in [0.05, 0.1) is 11.9 Å². The average Bonchev–Trinajstić information content (AvgIpc) is 1.61.